The molecule has 9 heteroatoms. The standard InChI is InChI=1S/C29H26F2N6O/c1-38-20-9-6-18(7-10-20)34-25-16-28-26(15-24(25)36-29-17-32-12-13-33-29)35-23-4-2-3-5-27(23)37(28)19-8-11-21(30)22(31)14-19/h2-5,8,11-18,20H,6-7,9-10H2,1H3,(H,33,36)/b34-25+. The van der Waals surface area contributed by atoms with Crippen LogP contribution in [0.4, 0.5) is 20.3 Å². The largest absolute Gasteiger partial charge is 0.381 e. The van der Waals surface area contributed by atoms with E-state index in [0.717, 1.165) is 59.5 Å². The molecule has 0 bridgehead atoms. The monoisotopic (exact) mass is 512 g/mol. The number of ether oxygens (including phenoxy) is 1. The van der Waals surface area contributed by atoms with Gasteiger partial charge in [-0.2, -0.15) is 0 Å². The first kappa shape index (κ1) is 24.1. The molecule has 0 amide bonds. The second-order valence-corrected chi connectivity index (χ2v) is 9.40. The van der Waals surface area contributed by atoms with E-state index in [9.17, 15) is 8.78 Å². The molecule has 6 rings (SSSR count). The molecule has 38 heavy (non-hydrogen) atoms. The van der Waals surface area contributed by atoms with Crippen molar-refractivity contribution in [3.8, 4) is 17.1 Å². The van der Waals surface area contributed by atoms with Gasteiger partial charge in [-0.15, -0.1) is 0 Å². The van der Waals surface area contributed by atoms with E-state index in [4.69, 9.17) is 14.7 Å². The molecule has 0 spiro atoms. The zero-order valence-electron chi connectivity index (χ0n) is 20.8. The van der Waals surface area contributed by atoms with E-state index in [1.54, 1.807) is 31.8 Å². The molecule has 0 unspecified atom stereocenters. The fourth-order valence-corrected chi connectivity index (χ4v) is 5.06. The summed E-state index contributed by atoms with van der Waals surface area (Å²) in [6.45, 7) is 0. The van der Waals surface area contributed by atoms with Gasteiger partial charge in [0.25, 0.3) is 0 Å². The van der Waals surface area contributed by atoms with Crippen molar-refractivity contribution in [1.82, 2.24) is 19.5 Å². The first-order valence-corrected chi connectivity index (χ1v) is 12.6. The summed E-state index contributed by atoms with van der Waals surface area (Å²) in [5.74, 6) is -1.22. The molecule has 3 aliphatic rings. The molecule has 0 saturated heterocycles. The smallest absolute Gasteiger partial charge is 0.160 e. The van der Waals surface area contributed by atoms with Crippen LogP contribution in [0.1, 0.15) is 25.7 Å². The number of rotatable bonds is 5. The molecule has 1 saturated carbocycles. The van der Waals surface area contributed by atoms with Gasteiger partial charge in [0, 0.05) is 31.3 Å². The minimum atomic E-state index is -0.912. The number of hydrogen-bond acceptors (Lipinski definition) is 6. The van der Waals surface area contributed by atoms with E-state index in [0.29, 0.717) is 17.2 Å². The van der Waals surface area contributed by atoms with Gasteiger partial charge in [-0.25, -0.2) is 18.7 Å². The normalized spacial score (nSPS) is 18.2. The summed E-state index contributed by atoms with van der Waals surface area (Å²) in [7, 11) is 1.75. The quantitative estimate of drug-likeness (QED) is 0.301. The van der Waals surface area contributed by atoms with Crippen molar-refractivity contribution in [2.45, 2.75) is 37.8 Å². The molecule has 1 fully saturated rings. The van der Waals surface area contributed by atoms with Crippen LogP contribution >= 0.6 is 0 Å². The molecular weight excluding hydrogens is 486 g/mol. The highest BCUT2D eigenvalue weighted by atomic mass is 19.2. The number of methoxy groups -OCH3 is 1. The van der Waals surface area contributed by atoms with Crippen LogP contribution in [0.25, 0.3) is 28.1 Å². The van der Waals surface area contributed by atoms with Crippen LogP contribution in [0.5, 0.6) is 0 Å². The van der Waals surface area contributed by atoms with Gasteiger partial charge in [-0.1, -0.05) is 12.1 Å². The first-order chi connectivity index (χ1) is 18.6. The van der Waals surface area contributed by atoms with Crippen molar-refractivity contribution in [1.29, 1.82) is 0 Å². The van der Waals surface area contributed by atoms with Crippen LogP contribution in [0.15, 0.2) is 78.2 Å². The molecule has 1 aromatic heterocycles. The highest BCUT2D eigenvalue weighted by Crippen LogP contribution is 2.31. The number of fused-ring (bicyclic) bond motifs is 2. The van der Waals surface area contributed by atoms with Crippen LogP contribution in [-0.4, -0.2) is 38.8 Å². The summed E-state index contributed by atoms with van der Waals surface area (Å²) in [6, 6.07) is 15.5. The zero-order valence-corrected chi connectivity index (χ0v) is 20.8. The maximum absolute atomic E-state index is 14.4. The fourth-order valence-electron chi connectivity index (χ4n) is 5.06. The van der Waals surface area contributed by atoms with Gasteiger partial charge in [0.1, 0.15) is 5.82 Å². The third-order valence-corrected chi connectivity index (χ3v) is 6.98. The molecule has 2 aliphatic carbocycles. The van der Waals surface area contributed by atoms with E-state index < -0.39 is 11.6 Å². The van der Waals surface area contributed by atoms with Crippen molar-refractivity contribution in [2.75, 3.05) is 12.4 Å². The topological polar surface area (TPSA) is 77.2 Å². The van der Waals surface area contributed by atoms with Crippen LogP contribution in [0.2, 0.25) is 0 Å². The van der Waals surface area contributed by atoms with Crippen molar-refractivity contribution >= 4 is 22.5 Å². The van der Waals surface area contributed by atoms with Crippen LogP contribution < -0.4 is 10.7 Å². The number of anilines is 2. The Morgan fingerprint density at radius 3 is 2.58 bits per heavy atom. The van der Waals surface area contributed by atoms with Crippen LogP contribution in [-0.2, 0) is 4.74 Å². The number of benzene rings is 3. The fraction of sp³-hybridized carbons (Fsp3) is 0.241. The summed E-state index contributed by atoms with van der Waals surface area (Å²) in [4.78, 5) is 18.6. The van der Waals surface area contributed by atoms with Gasteiger partial charge < -0.3 is 14.6 Å². The van der Waals surface area contributed by atoms with Gasteiger partial charge in [0.15, 0.2) is 11.6 Å². The molecule has 3 aromatic rings. The Morgan fingerprint density at radius 1 is 0.974 bits per heavy atom. The lowest BCUT2D eigenvalue weighted by molar-refractivity contribution is 0.0663. The van der Waals surface area contributed by atoms with E-state index in [1.165, 1.54) is 6.07 Å². The minimum Gasteiger partial charge on any atom is -0.381 e. The third kappa shape index (κ3) is 4.72. The van der Waals surface area contributed by atoms with Crippen molar-refractivity contribution in [3.63, 3.8) is 0 Å². The Morgan fingerprint density at radius 2 is 1.82 bits per heavy atom. The molecule has 0 radical (unpaired) electrons. The predicted molar refractivity (Wildman–Crippen MR) is 142 cm³/mol. The summed E-state index contributed by atoms with van der Waals surface area (Å²) in [5.41, 5.74) is 4.12. The van der Waals surface area contributed by atoms with E-state index >= 15 is 0 Å². The van der Waals surface area contributed by atoms with Crippen LogP contribution in [0.3, 0.4) is 0 Å². The first-order valence-electron chi connectivity index (χ1n) is 12.6. The number of hydrogen-bond donors (Lipinski definition) is 1. The predicted octanol–water partition coefficient (Wildman–Crippen LogP) is 5.80. The van der Waals surface area contributed by atoms with E-state index in [1.807, 2.05) is 41.0 Å². The Bertz CT molecular complexity index is 1630. The zero-order chi connectivity index (χ0) is 26.1. The highest BCUT2D eigenvalue weighted by Gasteiger charge is 2.22. The Labute approximate surface area is 218 Å². The highest BCUT2D eigenvalue weighted by molar-refractivity contribution is 5.84. The Kier molecular flexibility index (Phi) is 6.51. The van der Waals surface area contributed by atoms with Gasteiger partial charge in [-0.05, 0) is 62.1 Å². The second-order valence-electron chi connectivity index (χ2n) is 9.40. The number of aromatic nitrogens is 4. The molecule has 2 heterocycles. The van der Waals surface area contributed by atoms with Gasteiger partial charge >= 0.3 is 0 Å². The minimum absolute atomic E-state index is 0.131. The van der Waals surface area contributed by atoms with Gasteiger partial charge in [0.2, 0.25) is 0 Å². The molecule has 1 N–H and O–H groups in total. The number of halogens is 2. The molecule has 0 atom stereocenters. The molecule has 7 nitrogen and oxygen atoms in total. The number of nitrogens with zero attached hydrogens (tertiary/aromatic N) is 5. The SMILES string of the molecule is COC1CCC(/N=c2\cc3n(-c4ccc(F)c(F)c4)c4ccccc4nc-3cc2Nc2cnccn2)CC1. The maximum atomic E-state index is 14.4. The van der Waals surface area contributed by atoms with E-state index in [2.05, 4.69) is 15.3 Å². The molecule has 192 valence electrons. The Hall–Kier alpha value is -4.24. The van der Waals surface area contributed by atoms with Crippen molar-refractivity contribution in [3.05, 3.63) is 90.2 Å². The van der Waals surface area contributed by atoms with Gasteiger partial charge in [0.05, 0.1) is 51.8 Å². The van der Waals surface area contributed by atoms with Crippen LogP contribution in [0, 0.1) is 11.6 Å². The Balaban J connectivity index is 1.59. The maximum Gasteiger partial charge on any atom is 0.160 e. The van der Waals surface area contributed by atoms with E-state index in [-0.39, 0.29) is 12.1 Å². The lowest BCUT2D eigenvalue weighted by Crippen LogP contribution is -2.25. The lowest BCUT2D eigenvalue weighted by Gasteiger charge is -2.25. The average Bonchev–Trinajstić information content (AvgIpc) is 2.95. The summed E-state index contributed by atoms with van der Waals surface area (Å²) in [5, 5.41) is 4.08. The summed E-state index contributed by atoms with van der Waals surface area (Å²) >= 11 is 0. The number of para-hydroxylation sites is 2. The average molecular weight is 513 g/mol. The second kappa shape index (κ2) is 10.3. The number of nitrogens with one attached hydrogen (secondary N) is 1. The molecule has 1 aliphatic heterocycles. The summed E-state index contributed by atoms with van der Waals surface area (Å²) < 4.78 is 35.6. The molecular formula is C29H26F2N6O. The van der Waals surface area contributed by atoms with Crippen molar-refractivity contribution in [2.24, 2.45) is 4.99 Å². The third-order valence-electron chi connectivity index (χ3n) is 6.98. The summed E-state index contributed by atoms with van der Waals surface area (Å²) in [6.07, 6.45) is 8.88. The van der Waals surface area contributed by atoms with Gasteiger partial charge in [-0.3, -0.25) is 9.98 Å². The molecule has 2 aromatic carbocycles. The van der Waals surface area contributed by atoms with Crippen molar-refractivity contribution < 1.29 is 13.5 Å². The lowest BCUT2D eigenvalue weighted by atomic mass is 9.93.